The SMILES string of the molecule is CC1O[C@H](CC[P+](=O)O)C[C@H](O)[C@H]1N. The molecule has 1 heterocycles. The first-order chi connectivity index (χ1) is 6.50. The van der Waals surface area contributed by atoms with E-state index in [0.29, 0.717) is 12.8 Å². The van der Waals surface area contributed by atoms with Crippen LogP contribution in [-0.4, -0.2) is 40.5 Å². The Hall–Kier alpha value is -0.0600. The highest BCUT2D eigenvalue weighted by Gasteiger charge is 2.33. The molecule has 4 N–H and O–H groups in total. The van der Waals surface area contributed by atoms with Crippen LogP contribution in [0.15, 0.2) is 0 Å². The zero-order valence-electron chi connectivity index (χ0n) is 8.17. The van der Waals surface area contributed by atoms with Gasteiger partial charge in [0, 0.05) is 12.8 Å². The Balaban J connectivity index is 2.38. The smallest absolute Gasteiger partial charge is 0.391 e. The third-order valence-electron chi connectivity index (χ3n) is 2.54. The molecule has 0 aliphatic carbocycles. The molecule has 0 radical (unpaired) electrons. The average Bonchev–Trinajstić information content (AvgIpc) is 2.10. The number of aliphatic hydroxyl groups is 1. The van der Waals surface area contributed by atoms with Gasteiger partial charge in [-0.25, -0.2) is 0 Å². The second-order valence-corrected chi connectivity index (χ2v) is 4.86. The Kier molecular flexibility index (Phi) is 4.41. The summed E-state index contributed by atoms with van der Waals surface area (Å²) < 4.78 is 16.0. The first-order valence-electron chi connectivity index (χ1n) is 4.73. The molecular formula is C8H17NO4P+. The van der Waals surface area contributed by atoms with Crippen LogP contribution in [0.5, 0.6) is 0 Å². The maximum Gasteiger partial charge on any atom is 0.505 e. The van der Waals surface area contributed by atoms with Gasteiger partial charge in [0.25, 0.3) is 0 Å². The summed E-state index contributed by atoms with van der Waals surface area (Å²) in [5, 5.41) is 9.54. The van der Waals surface area contributed by atoms with Crippen molar-refractivity contribution in [1.82, 2.24) is 0 Å². The fourth-order valence-corrected chi connectivity index (χ4v) is 2.14. The lowest BCUT2D eigenvalue weighted by Crippen LogP contribution is -2.52. The van der Waals surface area contributed by atoms with E-state index in [9.17, 15) is 9.67 Å². The zero-order chi connectivity index (χ0) is 10.7. The zero-order valence-corrected chi connectivity index (χ0v) is 9.06. The number of aliphatic hydroxyl groups excluding tert-OH is 1. The van der Waals surface area contributed by atoms with Crippen molar-refractivity contribution in [3.05, 3.63) is 0 Å². The molecule has 0 bridgehead atoms. The third-order valence-corrected chi connectivity index (χ3v) is 3.18. The van der Waals surface area contributed by atoms with Gasteiger partial charge in [0.15, 0.2) is 6.16 Å². The van der Waals surface area contributed by atoms with Crippen LogP contribution >= 0.6 is 8.03 Å². The van der Waals surface area contributed by atoms with Crippen LogP contribution in [0.2, 0.25) is 0 Å². The van der Waals surface area contributed by atoms with Crippen molar-refractivity contribution in [2.75, 3.05) is 6.16 Å². The maximum atomic E-state index is 10.5. The molecule has 0 aromatic rings. The molecule has 0 aromatic heterocycles. The van der Waals surface area contributed by atoms with Crippen LogP contribution < -0.4 is 5.73 Å². The number of rotatable bonds is 3. The summed E-state index contributed by atoms with van der Waals surface area (Å²) in [5.41, 5.74) is 5.66. The normalized spacial score (nSPS) is 39.6. The van der Waals surface area contributed by atoms with E-state index >= 15 is 0 Å². The molecule has 0 spiro atoms. The van der Waals surface area contributed by atoms with E-state index in [1.807, 2.05) is 0 Å². The van der Waals surface area contributed by atoms with Crippen LogP contribution in [0.3, 0.4) is 0 Å². The lowest BCUT2D eigenvalue weighted by molar-refractivity contribution is -0.101. The molecule has 82 valence electrons. The van der Waals surface area contributed by atoms with Crippen LogP contribution in [0.1, 0.15) is 19.8 Å². The van der Waals surface area contributed by atoms with E-state index < -0.39 is 14.1 Å². The molecule has 14 heavy (non-hydrogen) atoms. The van der Waals surface area contributed by atoms with Crippen molar-refractivity contribution in [3.8, 4) is 0 Å². The van der Waals surface area contributed by atoms with Gasteiger partial charge in [-0.1, -0.05) is 0 Å². The average molecular weight is 222 g/mol. The summed E-state index contributed by atoms with van der Waals surface area (Å²) >= 11 is 0. The van der Waals surface area contributed by atoms with E-state index in [2.05, 4.69) is 0 Å². The minimum Gasteiger partial charge on any atom is -0.391 e. The topological polar surface area (TPSA) is 92.8 Å². The van der Waals surface area contributed by atoms with E-state index in [1.165, 1.54) is 0 Å². The van der Waals surface area contributed by atoms with Gasteiger partial charge < -0.3 is 15.6 Å². The quantitative estimate of drug-likeness (QED) is 0.583. The Morgan fingerprint density at radius 3 is 2.79 bits per heavy atom. The maximum absolute atomic E-state index is 10.5. The molecule has 5 atom stereocenters. The highest BCUT2D eigenvalue weighted by molar-refractivity contribution is 7.37. The molecule has 0 amide bonds. The van der Waals surface area contributed by atoms with Crippen molar-refractivity contribution >= 4 is 8.03 Å². The highest BCUT2D eigenvalue weighted by atomic mass is 31.1. The molecule has 1 rings (SSSR count). The van der Waals surface area contributed by atoms with Gasteiger partial charge in [0.05, 0.1) is 24.4 Å². The van der Waals surface area contributed by atoms with Gasteiger partial charge in [-0.05, 0) is 11.5 Å². The third kappa shape index (κ3) is 3.26. The summed E-state index contributed by atoms with van der Waals surface area (Å²) in [4.78, 5) is 8.63. The first kappa shape index (κ1) is 12.0. The van der Waals surface area contributed by atoms with E-state index in [0.717, 1.165) is 0 Å². The van der Waals surface area contributed by atoms with Crippen molar-refractivity contribution < 1.29 is 19.3 Å². The molecule has 5 nitrogen and oxygen atoms in total. The highest BCUT2D eigenvalue weighted by Crippen LogP contribution is 2.24. The summed E-state index contributed by atoms with van der Waals surface area (Å²) in [7, 11) is -2.11. The monoisotopic (exact) mass is 222 g/mol. The summed E-state index contributed by atoms with van der Waals surface area (Å²) in [5.74, 6) is 0. The predicted molar refractivity (Wildman–Crippen MR) is 52.2 cm³/mol. The molecule has 1 aliphatic heterocycles. The Labute approximate surface area is 84.1 Å². The van der Waals surface area contributed by atoms with Gasteiger partial charge >= 0.3 is 8.03 Å². The van der Waals surface area contributed by atoms with E-state index in [4.69, 9.17) is 15.4 Å². The van der Waals surface area contributed by atoms with Gasteiger partial charge in [-0.2, -0.15) is 4.89 Å². The van der Waals surface area contributed by atoms with E-state index in [-0.39, 0.29) is 24.4 Å². The summed E-state index contributed by atoms with van der Waals surface area (Å²) in [6.07, 6.45) is 0.259. The minimum absolute atomic E-state index is 0.147. The number of nitrogens with two attached hydrogens (primary N) is 1. The van der Waals surface area contributed by atoms with Crippen LogP contribution in [0, 0.1) is 0 Å². The fraction of sp³-hybridized carbons (Fsp3) is 1.00. The number of hydrogen-bond acceptors (Lipinski definition) is 4. The Bertz CT molecular complexity index is 202. The molecule has 2 unspecified atom stereocenters. The molecular weight excluding hydrogens is 205 g/mol. The lowest BCUT2D eigenvalue weighted by Gasteiger charge is -2.35. The Morgan fingerprint density at radius 2 is 2.29 bits per heavy atom. The van der Waals surface area contributed by atoms with Crippen molar-refractivity contribution in [1.29, 1.82) is 0 Å². The molecule has 6 heteroatoms. The molecule has 0 saturated carbocycles. The number of hydrogen-bond donors (Lipinski definition) is 3. The lowest BCUT2D eigenvalue weighted by atomic mass is 9.96. The standard InChI is InChI=1S/C8H16NO4P/c1-5-8(9)7(10)4-6(13-5)2-3-14(11)12/h5-8,10H,2-4,9H2,1H3/p+1/t5?,6-,7+,8+/m1/s1. The Morgan fingerprint density at radius 1 is 1.64 bits per heavy atom. The van der Waals surface area contributed by atoms with Crippen molar-refractivity contribution in [2.24, 2.45) is 5.73 Å². The minimum atomic E-state index is -2.11. The second-order valence-electron chi connectivity index (χ2n) is 3.71. The van der Waals surface area contributed by atoms with Gasteiger partial charge in [0.1, 0.15) is 0 Å². The molecule has 1 aliphatic rings. The van der Waals surface area contributed by atoms with Crippen LogP contribution in [0.25, 0.3) is 0 Å². The predicted octanol–water partition coefficient (Wildman–Crippen LogP) is -0.0232. The van der Waals surface area contributed by atoms with Crippen LogP contribution in [-0.2, 0) is 9.30 Å². The van der Waals surface area contributed by atoms with Crippen LogP contribution in [0.4, 0.5) is 0 Å². The molecule has 1 fully saturated rings. The van der Waals surface area contributed by atoms with Crippen molar-refractivity contribution in [3.63, 3.8) is 0 Å². The van der Waals surface area contributed by atoms with Gasteiger partial charge in [-0.3, -0.25) is 0 Å². The van der Waals surface area contributed by atoms with Gasteiger partial charge in [-0.15, -0.1) is 0 Å². The van der Waals surface area contributed by atoms with E-state index in [1.54, 1.807) is 6.92 Å². The second kappa shape index (κ2) is 5.14. The largest absolute Gasteiger partial charge is 0.505 e. The van der Waals surface area contributed by atoms with Crippen molar-refractivity contribution in [2.45, 2.75) is 44.1 Å². The first-order valence-corrected chi connectivity index (χ1v) is 6.13. The summed E-state index contributed by atoms with van der Waals surface area (Å²) in [6.45, 7) is 1.80. The summed E-state index contributed by atoms with van der Waals surface area (Å²) in [6, 6.07) is -0.353. The molecule has 1 saturated heterocycles. The van der Waals surface area contributed by atoms with Gasteiger partial charge in [0.2, 0.25) is 0 Å². The fourth-order valence-electron chi connectivity index (χ4n) is 1.63. The molecule has 0 aromatic carbocycles. The number of ether oxygens (including phenoxy) is 1.